The molecule has 0 saturated carbocycles. The molecule has 36 heavy (non-hydrogen) atoms. The molecule has 1 spiro atoms. The Kier molecular flexibility index (Phi) is 9.72. The number of carbonyl (C=O) groups excluding carboxylic acids is 3. The molecule has 3 rings (SSSR count). The third kappa shape index (κ3) is 4.87. The molecule has 3 aliphatic heterocycles. The molecule has 8 atom stereocenters. The molecule has 2 amide bonds. The first-order valence-electron chi connectivity index (χ1n) is 13.5. The van der Waals surface area contributed by atoms with Gasteiger partial charge in [0.25, 0.3) is 0 Å². The van der Waals surface area contributed by atoms with Crippen molar-refractivity contribution in [3.8, 4) is 0 Å². The molecule has 0 radical (unpaired) electrons. The molecule has 1 N–H and O–H groups in total. The highest BCUT2D eigenvalue weighted by Crippen LogP contribution is 2.69. The Bertz CT molecular complexity index is 850. The van der Waals surface area contributed by atoms with Crippen LogP contribution in [-0.2, 0) is 19.1 Å². The second-order valence-corrected chi connectivity index (χ2v) is 12.2. The minimum absolute atomic E-state index is 0.00688. The largest absolute Gasteiger partial charge is 0.465 e. The van der Waals surface area contributed by atoms with Gasteiger partial charge in [-0.1, -0.05) is 32.4 Å². The fraction of sp³-hybridized carbons (Fsp3) is 0.750. The molecule has 3 fully saturated rings. The van der Waals surface area contributed by atoms with Crippen LogP contribution in [0.25, 0.3) is 0 Å². The molecule has 3 saturated heterocycles. The Hall–Kier alpha value is -1.80. The number of allylic oxidation sites excluding steroid dienone is 1. The predicted octanol–water partition coefficient (Wildman–Crippen LogP) is 3.81. The third-order valence-electron chi connectivity index (χ3n) is 8.32. The Morgan fingerprint density at radius 3 is 2.64 bits per heavy atom. The second kappa shape index (κ2) is 12.2. The van der Waals surface area contributed by atoms with Gasteiger partial charge in [0.1, 0.15) is 6.04 Å². The van der Waals surface area contributed by atoms with Gasteiger partial charge in [-0.3, -0.25) is 14.4 Å². The SMILES string of the molecule is C=CCCCCOC(=O)[C@@H]1[C@@H]2CC(C)C3(S2)C(C(=O)N(CC=C)C(C)CCC)N([C@H](C)CO)C(=O)[C@H]13. The summed E-state index contributed by atoms with van der Waals surface area (Å²) >= 11 is 1.64. The number of carbonyl (C=O) groups is 3. The first-order chi connectivity index (χ1) is 17.2. The van der Waals surface area contributed by atoms with Gasteiger partial charge in [0, 0.05) is 17.8 Å². The molecule has 3 heterocycles. The number of esters is 1. The molecule has 4 unspecified atom stereocenters. The number of thioether (sulfide) groups is 1. The number of aliphatic hydroxyl groups excluding tert-OH is 1. The highest BCUT2D eigenvalue weighted by Gasteiger charge is 2.77. The Balaban J connectivity index is 1.97. The highest BCUT2D eigenvalue weighted by atomic mass is 32.2. The normalized spacial score (nSPS) is 32.2. The van der Waals surface area contributed by atoms with Crippen molar-refractivity contribution in [1.82, 2.24) is 9.80 Å². The van der Waals surface area contributed by atoms with Crippen molar-refractivity contribution < 1.29 is 24.2 Å². The zero-order chi connectivity index (χ0) is 26.6. The first kappa shape index (κ1) is 28.8. The Morgan fingerprint density at radius 1 is 1.31 bits per heavy atom. The average molecular weight is 521 g/mol. The number of aliphatic hydroxyl groups is 1. The fourth-order valence-corrected chi connectivity index (χ4v) is 8.98. The lowest BCUT2D eigenvalue weighted by molar-refractivity contribution is -0.155. The fourth-order valence-electron chi connectivity index (χ4n) is 6.59. The summed E-state index contributed by atoms with van der Waals surface area (Å²) in [4.78, 5) is 45.1. The summed E-state index contributed by atoms with van der Waals surface area (Å²) < 4.78 is 4.96. The van der Waals surface area contributed by atoms with Crippen LogP contribution >= 0.6 is 11.8 Å². The van der Waals surface area contributed by atoms with Crippen molar-refractivity contribution in [2.24, 2.45) is 17.8 Å². The molecule has 3 aliphatic rings. The molecular formula is C28H44N2O5S. The summed E-state index contributed by atoms with van der Waals surface area (Å²) in [5.74, 6) is -1.74. The van der Waals surface area contributed by atoms with Crippen LogP contribution in [0.5, 0.6) is 0 Å². The third-order valence-corrected chi connectivity index (χ3v) is 10.4. The zero-order valence-electron chi connectivity index (χ0n) is 22.4. The highest BCUT2D eigenvalue weighted by molar-refractivity contribution is 8.02. The van der Waals surface area contributed by atoms with E-state index < -0.39 is 28.7 Å². The van der Waals surface area contributed by atoms with Crippen molar-refractivity contribution >= 4 is 29.5 Å². The molecular weight excluding hydrogens is 476 g/mol. The van der Waals surface area contributed by atoms with E-state index in [1.807, 2.05) is 17.9 Å². The van der Waals surface area contributed by atoms with Crippen LogP contribution < -0.4 is 0 Å². The summed E-state index contributed by atoms with van der Waals surface area (Å²) in [5, 5.41) is 10.0. The van der Waals surface area contributed by atoms with E-state index in [9.17, 15) is 19.5 Å². The van der Waals surface area contributed by atoms with Gasteiger partial charge in [-0.15, -0.1) is 24.9 Å². The standard InChI is InChI=1S/C28H44N2O5S/c1-7-10-11-12-15-35-27(34)22-21-16-18(4)28(36-21)23(22)25(32)30(20(6)17-31)24(28)26(33)29(14-9-3)19(5)13-8-2/h7,9,18-24,31H,1,3,8,10-17H2,2,4-6H3/t18?,19?,20-,21+,22-,23+,24?,28?/m1/s1. The van der Waals surface area contributed by atoms with Gasteiger partial charge in [0.05, 0.1) is 35.8 Å². The minimum Gasteiger partial charge on any atom is -0.465 e. The maximum atomic E-state index is 14.3. The van der Waals surface area contributed by atoms with Gasteiger partial charge in [-0.25, -0.2) is 0 Å². The number of hydrogen-bond donors (Lipinski definition) is 1. The number of hydrogen-bond acceptors (Lipinski definition) is 6. The average Bonchev–Trinajstić information content (AvgIpc) is 3.45. The van der Waals surface area contributed by atoms with Crippen LogP contribution in [0, 0.1) is 17.8 Å². The lowest BCUT2D eigenvalue weighted by Crippen LogP contribution is -2.60. The monoisotopic (exact) mass is 520 g/mol. The van der Waals surface area contributed by atoms with E-state index in [0.717, 1.165) is 38.5 Å². The van der Waals surface area contributed by atoms with E-state index in [1.165, 1.54) is 0 Å². The molecule has 8 heteroatoms. The Labute approximate surface area is 220 Å². The first-order valence-corrected chi connectivity index (χ1v) is 14.4. The smallest absolute Gasteiger partial charge is 0.310 e. The van der Waals surface area contributed by atoms with Crippen LogP contribution in [0.15, 0.2) is 25.3 Å². The number of unbranched alkanes of at least 4 members (excludes halogenated alkanes) is 2. The summed E-state index contributed by atoms with van der Waals surface area (Å²) in [6, 6.07) is -1.26. The maximum absolute atomic E-state index is 14.3. The predicted molar refractivity (Wildman–Crippen MR) is 143 cm³/mol. The van der Waals surface area contributed by atoms with Crippen molar-refractivity contribution in [3.05, 3.63) is 25.3 Å². The van der Waals surface area contributed by atoms with Gasteiger partial charge in [0.15, 0.2) is 0 Å². The second-order valence-electron chi connectivity index (χ2n) is 10.7. The molecule has 7 nitrogen and oxygen atoms in total. The lowest BCUT2D eigenvalue weighted by Gasteiger charge is -2.42. The van der Waals surface area contributed by atoms with Gasteiger partial charge in [0.2, 0.25) is 11.8 Å². The molecule has 0 aromatic heterocycles. The molecule has 0 aliphatic carbocycles. The van der Waals surface area contributed by atoms with E-state index in [0.29, 0.717) is 13.2 Å². The minimum atomic E-state index is -0.730. The number of likely N-dealkylation sites (tertiary alicyclic amines) is 1. The molecule has 2 bridgehead atoms. The summed E-state index contributed by atoms with van der Waals surface area (Å²) in [6.45, 7) is 16.1. The number of rotatable bonds is 14. The van der Waals surface area contributed by atoms with Crippen LogP contribution in [0.1, 0.15) is 66.2 Å². The van der Waals surface area contributed by atoms with Crippen molar-refractivity contribution in [2.45, 2.75) is 94.3 Å². The van der Waals surface area contributed by atoms with Crippen LogP contribution in [0.2, 0.25) is 0 Å². The summed E-state index contributed by atoms with van der Waals surface area (Å²) in [6.07, 6.45) is 8.65. The van der Waals surface area contributed by atoms with Crippen molar-refractivity contribution in [1.29, 1.82) is 0 Å². The maximum Gasteiger partial charge on any atom is 0.310 e. The van der Waals surface area contributed by atoms with Crippen molar-refractivity contribution in [3.63, 3.8) is 0 Å². The van der Waals surface area contributed by atoms with Crippen molar-refractivity contribution in [2.75, 3.05) is 19.8 Å². The number of fused-ring (bicyclic) bond motifs is 1. The van der Waals surface area contributed by atoms with E-state index in [4.69, 9.17) is 4.74 Å². The molecule has 0 aromatic rings. The topological polar surface area (TPSA) is 87.2 Å². The van der Waals surface area contributed by atoms with E-state index in [1.54, 1.807) is 29.7 Å². The van der Waals surface area contributed by atoms with Gasteiger partial charge in [-0.2, -0.15) is 0 Å². The molecule has 0 aromatic carbocycles. The summed E-state index contributed by atoms with van der Waals surface area (Å²) in [7, 11) is 0. The number of nitrogens with zero attached hydrogens (tertiary/aromatic N) is 2. The van der Waals surface area contributed by atoms with Crippen LogP contribution in [0.3, 0.4) is 0 Å². The van der Waals surface area contributed by atoms with Gasteiger partial charge < -0.3 is 19.6 Å². The number of amides is 2. The van der Waals surface area contributed by atoms with E-state index >= 15 is 0 Å². The molecule has 202 valence electrons. The van der Waals surface area contributed by atoms with E-state index in [-0.39, 0.29) is 41.6 Å². The quantitative estimate of drug-likeness (QED) is 0.213. The Morgan fingerprint density at radius 2 is 2.03 bits per heavy atom. The zero-order valence-corrected chi connectivity index (χ0v) is 23.2. The van der Waals surface area contributed by atoms with E-state index in [2.05, 4.69) is 27.0 Å². The van der Waals surface area contributed by atoms with Gasteiger partial charge >= 0.3 is 5.97 Å². The van der Waals surface area contributed by atoms with Crippen LogP contribution in [-0.4, -0.2) is 80.6 Å². The summed E-state index contributed by atoms with van der Waals surface area (Å²) in [5.41, 5.74) is 0. The lowest BCUT2D eigenvalue weighted by atomic mass is 9.66. The van der Waals surface area contributed by atoms with Gasteiger partial charge in [-0.05, 0) is 51.9 Å². The van der Waals surface area contributed by atoms with Crippen LogP contribution in [0.4, 0.5) is 0 Å². The number of ether oxygens (including phenoxy) is 1.